The fraction of sp³-hybridized carbons (Fsp3) is 0.567. The Labute approximate surface area is 221 Å². The molecule has 0 amide bonds. The highest BCUT2D eigenvalue weighted by Crippen LogP contribution is 2.42. The van der Waals surface area contributed by atoms with Crippen molar-refractivity contribution in [1.82, 2.24) is 14.5 Å². The molecule has 0 atom stereocenters. The van der Waals surface area contributed by atoms with Crippen molar-refractivity contribution < 1.29 is 14.2 Å². The number of aromatic nitrogens is 2. The van der Waals surface area contributed by atoms with Crippen LogP contribution in [-0.2, 0) is 17.7 Å². The molecule has 0 spiro atoms. The summed E-state index contributed by atoms with van der Waals surface area (Å²) < 4.78 is 19.5. The Bertz CT molecular complexity index is 1190. The molecule has 2 aliphatic rings. The molecule has 1 aromatic carbocycles. The topological polar surface area (TPSA) is 51.5 Å². The lowest BCUT2D eigenvalue weighted by atomic mass is 9.98. The zero-order chi connectivity index (χ0) is 25.9. The maximum atomic E-state index is 5.81. The molecule has 0 N–H and O–H groups in total. The van der Waals surface area contributed by atoms with Crippen LogP contribution in [0.15, 0.2) is 30.3 Å². The average molecular weight is 507 g/mol. The molecule has 1 saturated carbocycles. The molecule has 0 bridgehead atoms. The molecular weight excluding hydrogens is 464 g/mol. The maximum Gasteiger partial charge on any atom is 0.132 e. The number of ether oxygens (including phenoxy) is 3. The van der Waals surface area contributed by atoms with Gasteiger partial charge in [0, 0.05) is 32.8 Å². The maximum absolute atomic E-state index is 5.81. The number of fused-ring (bicyclic) bond motifs is 1. The van der Waals surface area contributed by atoms with Gasteiger partial charge in [0.2, 0.25) is 0 Å². The predicted molar refractivity (Wildman–Crippen MR) is 149 cm³/mol. The van der Waals surface area contributed by atoms with Crippen LogP contribution in [0, 0.1) is 11.8 Å². The number of methoxy groups -OCH3 is 2. The minimum absolute atomic E-state index is 0.655. The quantitative estimate of drug-likeness (QED) is 0.352. The van der Waals surface area contributed by atoms with Gasteiger partial charge in [-0.15, -0.1) is 0 Å². The first-order valence-electron chi connectivity index (χ1n) is 13.8. The van der Waals surface area contributed by atoms with E-state index in [0.717, 1.165) is 86.5 Å². The van der Waals surface area contributed by atoms with E-state index < -0.39 is 0 Å². The number of rotatable bonds is 11. The first kappa shape index (κ1) is 25.9. The summed E-state index contributed by atoms with van der Waals surface area (Å²) >= 11 is 0. The average Bonchev–Trinajstić information content (AvgIpc) is 3.64. The highest BCUT2D eigenvalue weighted by atomic mass is 16.5. The lowest BCUT2D eigenvalue weighted by Crippen LogP contribution is -2.34. The Hall–Kier alpha value is -2.77. The van der Waals surface area contributed by atoms with Crippen LogP contribution in [-0.4, -0.2) is 69.1 Å². The van der Waals surface area contributed by atoms with Crippen LogP contribution in [0.3, 0.4) is 0 Å². The molecule has 3 aromatic rings. The second kappa shape index (κ2) is 11.3. The van der Waals surface area contributed by atoms with Crippen LogP contribution in [0.25, 0.3) is 16.8 Å². The number of nitrogens with zero attached hydrogens (tertiary/aromatic N) is 4. The summed E-state index contributed by atoms with van der Waals surface area (Å²) in [5, 5.41) is 5.29. The molecule has 1 saturated heterocycles. The zero-order valence-electron chi connectivity index (χ0n) is 23.1. The SMILES string of the molecule is CCc1nn2c(-c3c(OC)cccc3OC)ccc(CN(C)C)c2c1N(CC1CCOCC1)CC1CC1. The Balaban J connectivity index is 1.72. The van der Waals surface area contributed by atoms with Gasteiger partial charge >= 0.3 is 0 Å². The molecular formula is C30H42N4O3. The molecule has 1 aliphatic carbocycles. The molecule has 5 rings (SSSR count). The van der Waals surface area contributed by atoms with Crippen LogP contribution in [0.1, 0.15) is 43.9 Å². The van der Waals surface area contributed by atoms with E-state index in [1.807, 2.05) is 18.2 Å². The van der Waals surface area contributed by atoms with Gasteiger partial charge in [0.1, 0.15) is 11.5 Å². The van der Waals surface area contributed by atoms with Crippen LogP contribution in [0.2, 0.25) is 0 Å². The van der Waals surface area contributed by atoms with Crippen molar-refractivity contribution in [1.29, 1.82) is 0 Å². The number of aryl methyl sites for hydroxylation is 1. The van der Waals surface area contributed by atoms with Crippen LogP contribution in [0.4, 0.5) is 5.69 Å². The van der Waals surface area contributed by atoms with Crippen LogP contribution < -0.4 is 14.4 Å². The number of hydrogen-bond acceptors (Lipinski definition) is 6. The molecule has 0 radical (unpaired) electrons. The smallest absolute Gasteiger partial charge is 0.132 e. The van der Waals surface area contributed by atoms with Gasteiger partial charge in [0.15, 0.2) is 0 Å². The molecule has 37 heavy (non-hydrogen) atoms. The van der Waals surface area contributed by atoms with E-state index >= 15 is 0 Å². The minimum atomic E-state index is 0.655. The normalized spacial score (nSPS) is 16.5. The van der Waals surface area contributed by atoms with E-state index in [0.29, 0.717) is 5.92 Å². The van der Waals surface area contributed by atoms with Crippen molar-refractivity contribution in [2.24, 2.45) is 11.8 Å². The molecule has 7 heteroatoms. The molecule has 0 unspecified atom stereocenters. The Morgan fingerprint density at radius 3 is 2.16 bits per heavy atom. The summed E-state index contributed by atoms with van der Waals surface area (Å²) in [6, 6.07) is 10.4. The third-order valence-electron chi connectivity index (χ3n) is 7.72. The number of hydrogen-bond donors (Lipinski definition) is 0. The summed E-state index contributed by atoms with van der Waals surface area (Å²) in [7, 11) is 7.70. The van der Waals surface area contributed by atoms with Crippen molar-refractivity contribution in [2.75, 3.05) is 59.5 Å². The van der Waals surface area contributed by atoms with Gasteiger partial charge < -0.3 is 24.0 Å². The molecule has 2 aromatic heterocycles. The molecule has 3 heterocycles. The summed E-state index contributed by atoms with van der Waals surface area (Å²) in [4.78, 5) is 4.92. The highest BCUT2D eigenvalue weighted by Gasteiger charge is 2.31. The fourth-order valence-corrected chi connectivity index (χ4v) is 5.69. The van der Waals surface area contributed by atoms with Gasteiger partial charge in [-0.05, 0) is 81.8 Å². The number of anilines is 1. The van der Waals surface area contributed by atoms with Gasteiger partial charge in [0.25, 0.3) is 0 Å². The largest absolute Gasteiger partial charge is 0.496 e. The molecule has 1 aliphatic heterocycles. The third-order valence-corrected chi connectivity index (χ3v) is 7.72. The summed E-state index contributed by atoms with van der Waals surface area (Å²) in [6.45, 7) is 7.00. The molecule has 7 nitrogen and oxygen atoms in total. The van der Waals surface area contributed by atoms with E-state index in [1.54, 1.807) is 14.2 Å². The van der Waals surface area contributed by atoms with E-state index in [1.165, 1.54) is 29.6 Å². The fourth-order valence-electron chi connectivity index (χ4n) is 5.69. The summed E-state index contributed by atoms with van der Waals surface area (Å²) in [5.74, 6) is 3.01. The highest BCUT2D eigenvalue weighted by molar-refractivity contribution is 5.85. The molecule has 2 fully saturated rings. The van der Waals surface area contributed by atoms with Gasteiger partial charge in [-0.2, -0.15) is 5.10 Å². The van der Waals surface area contributed by atoms with E-state index in [2.05, 4.69) is 47.5 Å². The van der Waals surface area contributed by atoms with E-state index in [4.69, 9.17) is 19.3 Å². The Kier molecular flexibility index (Phi) is 7.91. The van der Waals surface area contributed by atoms with Gasteiger partial charge in [-0.1, -0.05) is 19.1 Å². The number of benzene rings is 1. The van der Waals surface area contributed by atoms with Crippen LogP contribution in [0.5, 0.6) is 11.5 Å². The van der Waals surface area contributed by atoms with Crippen molar-refractivity contribution in [3.05, 3.63) is 41.6 Å². The first-order valence-corrected chi connectivity index (χ1v) is 13.8. The van der Waals surface area contributed by atoms with Crippen molar-refractivity contribution in [3.63, 3.8) is 0 Å². The number of pyridine rings is 1. The Morgan fingerprint density at radius 2 is 1.59 bits per heavy atom. The van der Waals surface area contributed by atoms with E-state index in [-0.39, 0.29) is 0 Å². The lowest BCUT2D eigenvalue weighted by Gasteiger charge is -2.32. The second-order valence-corrected chi connectivity index (χ2v) is 10.8. The Morgan fingerprint density at radius 1 is 0.946 bits per heavy atom. The predicted octanol–water partition coefficient (Wildman–Crippen LogP) is 5.29. The monoisotopic (exact) mass is 506 g/mol. The first-order chi connectivity index (χ1) is 18.0. The zero-order valence-corrected chi connectivity index (χ0v) is 23.1. The van der Waals surface area contributed by atoms with Crippen molar-refractivity contribution in [2.45, 2.75) is 45.6 Å². The summed E-state index contributed by atoms with van der Waals surface area (Å²) in [6.07, 6.45) is 5.82. The van der Waals surface area contributed by atoms with Crippen molar-refractivity contribution in [3.8, 4) is 22.8 Å². The van der Waals surface area contributed by atoms with Crippen molar-refractivity contribution >= 4 is 11.2 Å². The minimum Gasteiger partial charge on any atom is -0.496 e. The van der Waals surface area contributed by atoms with Gasteiger partial charge in [-0.25, -0.2) is 4.52 Å². The van der Waals surface area contributed by atoms with E-state index in [9.17, 15) is 0 Å². The molecule has 200 valence electrons. The standard InChI is InChI=1S/C30H42N4O3/c1-6-24-30(33(18-21-10-11-21)19-22-14-16-37-17-15-22)29-23(20-32(2)3)12-13-25(34(29)31-24)28-26(35-4)8-7-9-27(28)36-5/h7-9,12-13,21-22H,6,10-11,14-20H2,1-5H3. The third kappa shape index (κ3) is 5.43. The lowest BCUT2D eigenvalue weighted by molar-refractivity contribution is 0.0681. The summed E-state index contributed by atoms with van der Waals surface area (Å²) in [5.41, 5.74) is 6.90. The van der Waals surface area contributed by atoms with Crippen LogP contribution >= 0.6 is 0 Å². The van der Waals surface area contributed by atoms with Gasteiger partial charge in [-0.3, -0.25) is 0 Å². The second-order valence-electron chi connectivity index (χ2n) is 10.8. The van der Waals surface area contributed by atoms with Gasteiger partial charge in [0.05, 0.1) is 42.4 Å².